The second kappa shape index (κ2) is 7.14. The summed E-state index contributed by atoms with van der Waals surface area (Å²) in [5, 5.41) is 6.98. The van der Waals surface area contributed by atoms with Crippen LogP contribution in [0, 0.1) is 13.8 Å². The van der Waals surface area contributed by atoms with E-state index in [2.05, 4.69) is 47.7 Å². The van der Waals surface area contributed by atoms with E-state index in [1.165, 1.54) is 11.1 Å². The molecule has 3 rings (SSSR count). The average Bonchev–Trinajstić information content (AvgIpc) is 2.93. The van der Waals surface area contributed by atoms with Crippen LogP contribution in [0.1, 0.15) is 11.1 Å². The van der Waals surface area contributed by atoms with Crippen molar-refractivity contribution in [3.05, 3.63) is 64.0 Å². The van der Waals surface area contributed by atoms with E-state index in [0.717, 1.165) is 27.1 Å². The van der Waals surface area contributed by atoms with Crippen LogP contribution in [-0.2, 0) is 0 Å². The molecule has 5 heteroatoms. The number of hydrogen-bond acceptors (Lipinski definition) is 3. The van der Waals surface area contributed by atoms with Crippen molar-refractivity contribution in [2.24, 2.45) is 0 Å². The van der Waals surface area contributed by atoms with Crippen LogP contribution >= 0.6 is 35.3 Å². The number of rotatable bonds is 3. The molecule has 2 nitrogen and oxygen atoms in total. The van der Waals surface area contributed by atoms with Gasteiger partial charge in [0.05, 0.1) is 5.69 Å². The van der Waals surface area contributed by atoms with Crippen LogP contribution in [0.25, 0.3) is 11.3 Å². The van der Waals surface area contributed by atoms with Crippen molar-refractivity contribution in [3.8, 4) is 11.3 Å². The Morgan fingerprint density at radius 2 is 1.73 bits per heavy atom. The van der Waals surface area contributed by atoms with Gasteiger partial charge in [-0.05, 0) is 55.3 Å². The van der Waals surface area contributed by atoms with Crippen LogP contribution in [0.3, 0.4) is 0 Å². The predicted molar refractivity (Wildman–Crippen MR) is 99.0 cm³/mol. The van der Waals surface area contributed by atoms with Gasteiger partial charge in [-0.25, -0.2) is 4.98 Å². The third-order valence-electron chi connectivity index (χ3n) is 3.40. The van der Waals surface area contributed by atoms with Crippen LogP contribution in [0.2, 0.25) is 5.02 Å². The minimum Gasteiger partial charge on any atom is -0.332 e. The second-order valence-electron chi connectivity index (χ2n) is 4.97. The molecule has 114 valence electrons. The number of aromatic nitrogens is 1. The lowest BCUT2D eigenvalue weighted by molar-refractivity contribution is 1.32. The summed E-state index contributed by atoms with van der Waals surface area (Å²) in [6, 6.07) is 14.0. The first-order valence-corrected chi connectivity index (χ1v) is 7.93. The smallest absolute Gasteiger partial charge is 0.187 e. The normalized spacial score (nSPS) is 10.1. The Balaban J connectivity index is 0.00000176. The van der Waals surface area contributed by atoms with Gasteiger partial charge in [0.15, 0.2) is 5.13 Å². The zero-order valence-corrected chi connectivity index (χ0v) is 14.6. The highest BCUT2D eigenvalue weighted by Crippen LogP contribution is 2.28. The maximum Gasteiger partial charge on any atom is 0.187 e. The number of aryl methyl sites for hydroxylation is 2. The molecule has 0 aliphatic heterocycles. The fourth-order valence-corrected chi connectivity index (χ4v) is 2.89. The molecule has 0 saturated heterocycles. The van der Waals surface area contributed by atoms with Gasteiger partial charge in [-0.3, -0.25) is 0 Å². The van der Waals surface area contributed by atoms with Crippen molar-refractivity contribution in [2.75, 3.05) is 5.32 Å². The third-order valence-corrected chi connectivity index (χ3v) is 4.41. The zero-order valence-electron chi connectivity index (χ0n) is 12.3. The summed E-state index contributed by atoms with van der Waals surface area (Å²) in [5.74, 6) is 0. The highest BCUT2D eigenvalue weighted by atomic mass is 35.5. The Hall–Kier alpha value is -1.55. The Morgan fingerprint density at radius 1 is 1.00 bits per heavy atom. The van der Waals surface area contributed by atoms with Crippen molar-refractivity contribution in [3.63, 3.8) is 0 Å². The van der Waals surface area contributed by atoms with Crippen LogP contribution < -0.4 is 5.32 Å². The molecule has 0 bridgehead atoms. The Bertz CT molecular complexity index is 767. The second-order valence-corrected chi connectivity index (χ2v) is 6.26. The van der Waals surface area contributed by atoms with Crippen LogP contribution in [0.4, 0.5) is 10.8 Å². The maximum absolute atomic E-state index is 5.89. The van der Waals surface area contributed by atoms with Crippen molar-refractivity contribution < 1.29 is 0 Å². The van der Waals surface area contributed by atoms with Gasteiger partial charge in [0.1, 0.15) is 0 Å². The van der Waals surface area contributed by atoms with Crippen molar-refractivity contribution >= 4 is 46.2 Å². The van der Waals surface area contributed by atoms with Crippen molar-refractivity contribution in [1.82, 2.24) is 4.98 Å². The van der Waals surface area contributed by atoms with Crippen LogP contribution in [0.15, 0.2) is 47.8 Å². The summed E-state index contributed by atoms with van der Waals surface area (Å²) in [5.41, 5.74) is 5.72. The number of thiazole rings is 1. The predicted octanol–water partition coefficient (Wildman–Crippen LogP) is 6.25. The molecule has 22 heavy (non-hydrogen) atoms. The lowest BCUT2D eigenvalue weighted by Crippen LogP contribution is -1.89. The lowest BCUT2D eigenvalue weighted by atomic mass is 10.1. The van der Waals surface area contributed by atoms with Gasteiger partial charge in [-0.15, -0.1) is 23.7 Å². The lowest BCUT2D eigenvalue weighted by Gasteiger charge is -2.03. The van der Waals surface area contributed by atoms with E-state index in [9.17, 15) is 0 Å². The fraction of sp³-hybridized carbons (Fsp3) is 0.118. The quantitative estimate of drug-likeness (QED) is 0.604. The van der Waals surface area contributed by atoms with Gasteiger partial charge in [0, 0.05) is 21.7 Å². The fourth-order valence-electron chi connectivity index (χ4n) is 2.02. The molecule has 0 radical (unpaired) electrons. The molecule has 1 heterocycles. The molecule has 0 atom stereocenters. The summed E-state index contributed by atoms with van der Waals surface area (Å²) in [6.07, 6.45) is 0. The van der Waals surface area contributed by atoms with E-state index in [-0.39, 0.29) is 12.4 Å². The maximum atomic E-state index is 5.89. The summed E-state index contributed by atoms with van der Waals surface area (Å²) in [7, 11) is 0. The highest BCUT2D eigenvalue weighted by molar-refractivity contribution is 7.14. The van der Waals surface area contributed by atoms with E-state index in [1.54, 1.807) is 11.3 Å². The molecule has 0 fully saturated rings. The Morgan fingerprint density at radius 3 is 2.41 bits per heavy atom. The van der Waals surface area contributed by atoms with Gasteiger partial charge in [0.25, 0.3) is 0 Å². The standard InChI is InChI=1S/C17H15ClN2S.ClH/c1-11-3-4-13(9-12(11)2)16-10-21-17(20-16)19-15-7-5-14(18)6-8-15;/h3-10H,1-2H3,(H,19,20);1H. The number of benzene rings is 2. The third kappa shape index (κ3) is 3.80. The van der Waals surface area contributed by atoms with Gasteiger partial charge in [0.2, 0.25) is 0 Å². The minimum absolute atomic E-state index is 0. The van der Waals surface area contributed by atoms with Gasteiger partial charge in [-0.2, -0.15) is 0 Å². The van der Waals surface area contributed by atoms with Gasteiger partial charge < -0.3 is 5.32 Å². The van der Waals surface area contributed by atoms with Crippen LogP contribution in [0.5, 0.6) is 0 Å². The topological polar surface area (TPSA) is 24.9 Å². The summed E-state index contributed by atoms with van der Waals surface area (Å²) in [4.78, 5) is 4.64. The first-order chi connectivity index (χ1) is 10.1. The molecule has 3 aromatic rings. The van der Waals surface area contributed by atoms with E-state index >= 15 is 0 Å². The largest absolute Gasteiger partial charge is 0.332 e. The van der Waals surface area contributed by atoms with Gasteiger partial charge >= 0.3 is 0 Å². The summed E-state index contributed by atoms with van der Waals surface area (Å²) < 4.78 is 0. The molecular formula is C17H16Cl2N2S. The zero-order chi connectivity index (χ0) is 14.8. The van der Waals surface area contributed by atoms with E-state index in [0.29, 0.717) is 0 Å². The minimum atomic E-state index is 0. The molecule has 2 aromatic carbocycles. The molecule has 0 amide bonds. The van der Waals surface area contributed by atoms with Gasteiger partial charge in [-0.1, -0.05) is 23.7 Å². The Kier molecular flexibility index (Phi) is 5.46. The summed E-state index contributed by atoms with van der Waals surface area (Å²) in [6.45, 7) is 4.24. The number of nitrogens with zero attached hydrogens (tertiary/aromatic N) is 1. The summed E-state index contributed by atoms with van der Waals surface area (Å²) >= 11 is 7.48. The molecule has 0 spiro atoms. The highest BCUT2D eigenvalue weighted by Gasteiger charge is 2.06. The Labute approximate surface area is 145 Å². The number of anilines is 2. The van der Waals surface area contributed by atoms with E-state index in [1.807, 2.05) is 24.3 Å². The number of nitrogens with one attached hydrogen (secondary N) is 1. The molecule has 0 unspecified atom stereocenters. The first-order valence-electron chi connectivity index (χ1n) is 6.67. The molecule has 1 aromatic heterocycles. The SMILES string of the molecule is Cc1ccc(-c2csc(Nc3ccc(Cl)cc3)n2)cc1C.Cl. The monoisotopic (exact) mass is 350 g/mol. The molecule has 1 N–H and O–H groups in total. The van der Waals surface area contributed by atoms with E-state index in [4.69, 9.17) is 11.6 Å². The average molecular weight is 351 g/mol. The van der Waals surface area contributed by atoms with E-state index < -0.39 is 0 Å². The van der Waals surface area contributed by atoms with Crippen molar-refractivity contribution in [1.29, 1.82) is 0 Å². The molecule has 0 aliphatic rings. The first kappa shape index (κ1) is 16.8. The van der Waals surface area contributed by atoms with Crippen molar-refractivity contribution in [2.45, 2.75) is 13.8 Å². The molecule has 0 aliphatic carbocycles. The molecular weight excluding hydrogens is 335 g/mol. The molecule has 0 saturated carbocycles. The number of halogens is 2. The van der Waals surface area contributed by atoms with Crippen LogP contribution in [-0.4, -0.2) is 4.98 Å². The number of hydrogen-bond donors (Lipinski definition) is 1.